The van der Waals surface area contributed by atoms with Gasteiger partial charge in [0.15, 0.2) is 0 Å². The van der Waals surface area contributed by atoms with Gasteiger partial charge in [0.25, 0.3) is 0 Å². The summed E-state index contributed by atoms with van der Waals surface area (Å²) in [7, 11) is 0. The lowest BCUT2D eigenvalue weighted by Crippen LogP contribution is -2.54. The van der Waals surface area contributed by atoms with E-state index in [2.05, 4.69) is 18.7 Å². The van der Waals surface area contributed by atoms with E-state index in [0.717, 1.165) is 23.7 Å². The third kappa shape index (κ3) is 2.12. The van der Waals surface area contributed by atoms with Gasteiger partial charge in [-0.1, -0.05) is 13.8 Å². The molecule has 0 amide bonds. The molecule has 1 N–H and O–H groups in total. The molecule has 2 saturated heterocycles. The normalized spacial score (nSPS) is 61.5. The highest BCUT2D eigenvalue weighted by Crippen LogP contribution is 2.68. The second kappa shape index (κ2) is 5.48. The van der Waals surface area contributed by atoms with Gasteiger partial charge in [-0.25, -0.2) is 0 Å². The average Bonchev–Trinajstić information content (AvgIpc) is 3.02. The number of epoxide rings is 1. The Morgan fingerprint density at radius 2 is 1.73 bits per heavy atom. The number of fused-ring (bicyclic) bond motifs is 6. The van der Waals surface area contributed by atoms with Crippen molar-refractivity contribution in [1.29, 1.82) is 0 Å². The van der Waals surface area contributed by atoms with Crippen molar-refractivity contribution in [3.05, 3.63) is 0 Å². The molecule has 0 aromatic heterocycles. The number of ether oxygens (including phenoxy) is 1. The average molecular weight is 360 g/mol. The number of nitrogens with zero attached hydrogens (tertiary/aromatic N) is 1. The van der Waals surface area contributed by atoms with Gasteiger partial charge >= 0.3 is 0 Å². The van der Waals surface area contributed by atoms with Gasteiger partial charge in [0.1, 0.15) is 0 Å². The van der Waals surface area contributed by atoms with Crippen molar-refractivity contribution in [2.24, 2.45) is 34.5 Å². The molecule has 6 rings (SSSR count). The fourth-order valence-electron chi connectivity index (χ4n) is 8.93. The fourth-order valence-corrected chi connectivity index (χ4v) is 8.93. The maximum Gasteiger partial charge on any atom is 0.0847 e. The molecule has 3 nitrogen and oxygen atoms in total. The fraction of sp³-hybridized carbons (Fsp3) is 1.00. The van der Waals surface area contributed by atoms with Crippen LogP contribution in [0, 0.1) is 34.5 Å². The topological polar surface area (TPSA) is 36.0 Å². The first kappa shape index (κ1) is 16.8. The Balaban J connectivity index is 1.29. The van der Waals surface area contributed by atoms with Crippen LogP contribution in [0.15, 0.2) is 0 Å². The van der Waals surface area contributed by atoms with Crippen molar-refractivity contribution < 1.29 is 9.84 Å². The Hall–Kier alpha value is -0.120. The summed E-state index contributed by atoms with van der Waals surface area (Å²) in [4.78, 5) is 2.64. The van der Waals surface area contributed by atoms with E-state index in [1.807, 2.05) is 0 Å². The molecule has 4 saturated carbocycles. The predicted octanol–water partition coefficient (Wildman–Crippen LogP) is 3.84. The van der Waals surface area contributed by atoms with Crippen LogP contribution in [-0.2, 0) is 4.74 Å². The first-order valence-corrected chi connectivity index (χ1v) is 11.6. The smallest absolute Gasteiger partial charge is 0.0847 e. The number of aliphatic hydroxyl groups excluding tert-OH is 1. The summed E-state index contributed by atoms with van der Waals surface area (Å²) in [5.74, 6) is 3.39. The lowest BCUT2D eigenvalue weighted by Gasteiger charge is -2.59. The summed E-state index contributed by atoms with van der Waals surface area (Å²) in [6.45, 7) is 7.51. The van der Waals surface area contributed by atoms with Gasteiger partial charge < -0.3 is 9.84 Å². The maximum absolute atomic E-state index is 11.4. The molecule has 2 heterocycles. The third-order valence-corrected chi connectivity index (χ3v) is 10.5. The van der Waals surface area contributed by atoms with Gasteiger partial charge in [0.05, 0.1) is 18.3 Å². The number of hydrogen-bond acceptors (Lipinski definition) is 3. The van der Waals surface area contributed by atoms with Crippen LogP contribution in [0.3, 0.4) is 0 Å². The van der Waals surface area contributed by atoms with Crippen LogP contribution in [0.2, 0.25) is 0 Å². The van der Waals surface area contributed by atoms with Gasteiger partial charge in [-0.3, -0.25) is 4.90 Å². The van der Waals surface area contributed by atoms with E-state index in [1.165, 1.54) is 70.9 Å². The molecule has 0 aromatic rings. The standard InChI is InChI=1S/C23H37NO2/c1-22-8-7-16-15(6-5-14-11-19-20(26-19)13-23(14,16)2)17(22)12-18(21(22)25)24-9-3-4-10-24/h14-21,25H,3-13H2,1-2H3/t14-,15+,16-,17-,18+,19-,20+,21+,22-,23-/m0/s1. The maximum atomic E-state index is 11.4. The number of rotatable bonds is 1. The quantitative estimate of drug-likeness (QED) is 0.723. The number of aliphatic hydroxyl groups is 1. The SMILES string of the molecule is C[C@]12C[C@H]3O[C@H]3C[C@@H]1CC[C@@H]1[C@@H]2CC[C@]2(C)[C@H](O)[C@H](N3CCCC3)C[C@@H]12. The first-order valence-electron chi connectivity index (χ1n) is 11.6. The molecule has 6 aliphatic rings. The van der Waals surface area contributed by atoms with E-state index in [9.17, 15) is 5.11 Å². The van der Waals surface area contributed by atoms with E-state index in [1.54, 1.807) is 0 Å². The van der Waals surface area contributed by atoms with Gasteiger partial charge in [0, 0.05) is 6.04 Å². The Morgan fingerprint density at radius 1 is 0.923 bits per heavy atom. The molecular formula is C23H37NO2. The molecule has 26 heavy (non-hydrogen) atoms. The molecule has 0 unspecified atom stereocenters. The van der Waals surface area contributed by atoms with Crippen LogP contribution < -0.4 is 0 Å². The van der Waals surface area contributed by atoms with Crippen molar-refractivity contribution in [3.8, 4) is 0 Å². The monoisotopic (exact) mass is 359 g/mol. The minimum Gasteiger partial charge on any atom is -0.391 e. The second-order valence-corrected chi connectivity index (χ2v) is 11.3. The van der Waals surface area contributed by atoms with E-state index in [4.69, 9.17) is 4.74 Å². The number of likely N-dealkylation sites (tertiary alicyclic amines) is 1. The zero-order valence-electron chi connectivity index (χ0n) is 16.7. The molecule has 10 atom stereocenters. The zero-order valence-corrected chi connectivity index (χ0v) is 16.7. The summed E-state index contributed by atoms with van der Waals surface area (Å²) >= 11 is 0. The molecule has 0 aromatic carbocycles. The third-order valence-electron chi connectivity index (χ3n) is 10.5. The molecule has 0 bridgehead atoms. The summed E-state index contributed by atoms with van der Waals surface area (Å²) in [6, 6.07) is 0.444. The van der Waals surface area contributed by atoms with Crippen LogP contribution in [0.25, 0.3) is 0 Å². The molecule has 4 aliphatic carbocycles. The molecular weight excluding hydrogens is 322 g/mol. The molecule has 0 spiro atoms. The lowest BCUT2D eigenvalue weighted by molar-refractivity contribution is -0.119. The Bertz CT molecular complexity index is 589. The van der Waals surface area contributed by atoms with Gasteiger partial charge in [-0.15, -0.1) is 0 Å². The Labute approximate surface area is 158 Å². The van der Waals surface area contributed by atoms with E-state index in [-0.39, 0.29) is 11.5 Å². The highest BCUT2D eigenvalue weighted by molar-refractivity contribution is 5.15. The van der Waals surface area contributed by atoms with E-state index >= 15 is 0 Å². The van der Waals surface area contributed by atoms with Crippen molar-refractivity contribution in [1.82, 2.24) is 4.90 Å². The van der Waals surface area contributed by atoms with Crippen LogP contribution in [0.5, 0.6) is 0 Å². The molecule has 2 aliphatic heterocycles. The molecule has 146 valence electrons. The largest absolute Gasteiger partial charge is 0.391 e. The molecule has 3 heteroatoms. The summed E-state index contributed by atoms with van der Waals surface area (Å²) in [5.41, 5.74) is 0.684. The van der Waals surface area contributed by atoms with Crippen LogP contribution in [0.4, 0.5) is 0 Å². The van der Waals surface area contributed by atoms with Crippen molar-refractivity contribution >= 4 is 0 Å². The zero-order chi connectivity index (χ0) is 17.7. The Kier molecular flexibility index (Phi) is 3.54. The van der Waals surface area contributed by atoms with Crippen molar-refractivity contribution in [3.63, 3.8) is 0 Å². The summed E-state index contributed by atoms with van der Waals surface area (Å²) in [6.07, 6.45) is 13.1. The molecule has 0 radical (unpaired) electrons. The van der Waals surface area contributed by atoms with Crippen molar-refractivity contribution in [2.75, 3.05) is 13.1 Å². The number of hydrogen-bond donors (Lipinski definition) is 1. The lowest BCUT2D eigenvalue weighted by atomic mass is 9.45. The van der Waals surface area contributed by atoms with Crippen LogP contribution in [0.1, 0.15) is 71.6 Å². The van der Waals surface area contributed by atoms with Crippen LogP contribution in [-0.4, -0.2) is 47.4 Å². The minimum absolute atomic E-state index is 0.0976. The molecule has 6 fully saturated rings. The van der Waals surface area contributed by atoms with E-state index < -0.39 is 0 Å². The van der Waals surface area contributed by atoms with Gasteiger partial charge in [-0.2, -0.15) is 0 Å². The minimum atomic E-state index is -0.0976. The van der Waals surface area contributed by atoms with Crippen molar-refractivity contribution in [2.45, 2.75) is 96.0 Å². The first-order chi connectivity index (χ1) is 12.5. The Morgan fingerprint density at radius 3 is 2.54 bits per heavy atom. The van der Waals surface area contributed by atoms with Gasteiger partial charge in [0.2, 0.25) is 0 Å². The van der Waals surface area contributed by atoms with Gasteiger partial charge in [-0.05, 0) is 105 Å². The van der Waals surface area contributed by atoms with Crippen LogP contribution >= 0.6 is 0 Å². The second-order valence-electron chi connectivity index (χ2n) is 11.3. The highest BCUT2D eigenvalue weighted by Gasteiger charge is 2.65. The van der Waals surface area contributed by atoms with E-state index in [0.29, 0.717) is 23.7 Å². The predicted molar refractivity (Wildman–Crippen MR) is 102 cm³/mol. The highest BCUT2D eigenvalue weighted by atomic mass is 16.6. The summed E-state index contributed by atoms with van der Waals surface area (Å²) in [5, 5.41) is 11.4. The summed E-state index contributed by atoms with van der Waals surface area (Å²) < 4.78 is 5.98.